The van der Waals surface area contributed by atoms with Crippen LogP contribution >= 0.6 is 0 Å². The van der Waals surface area contributed by atoms with Crippen LogP contribution in [-0.2, 0) is 23.8 Å². The fourth-order valence-electron chi connectivity index (χ4n) is 2.16. The molecule has 0 aromatic heterocycles. The Labute approximate surface area is 138 Å². The van der Waals surface area contributed by atoms with Crippen molar-refractivity contribution in [2.45, 2.75) is 66.2 Å². The van der Waals surface area contributed by atoms with Crippen molar-refractivity contribution in [2.75, 3.05) is 7.11 Å². The number of methoxy groups -OCH3 is 1. The van der Waals surface area contributed by atoms with Gasteiger partial charge in [0.05, 0.1) is 7.11 Å². The van der Waals surface area contributed by atoms with Crippen molar-refractivity contribution < 1.29 is 28.6 Å². The second-order valence-corrected chi connectivity index (χ2v) is 6.80. The lowest BCUT2D eigenvalue weighted by Gasteiger charge is -2.32. The molecule has 1 N–H and O–H groups in total. The number of alkyl carbamates (subject to hydrolysis) is 1. The Morgan fingerprint density at radius 1 is 1.04 bits per heavy atom. The zero-order valence-corrected chi connectivity index (χ0v) is 15.3. The first kappa shape index (κ1) is 21.2. The van der Waals surface area contributed by atoms with E-state index in [1.807, 2.05) is 13.8 Å². The van der Waals surface area contributed by atoms with Crippen molar-refractivity contribution in [3.63, 3.8) is 0 Å². The average molecular weight is 331 g/mol. The van der Waals surface area contributed by atoms with Gasteiger partial charge >= 0.3 is 18.0 Å². The second kappa shape index (κ2) is 8.74. The van der Waals surface area contributed by atoms with Crippen LogP contribution in [-0.4, -0.2) is 42.9 Å². The van der Waals surface area contributed by atoms with E-state index in [0.717, 1.165) is 0 Å². The molecule has 0 saturated carbocycles. The minimum Gasteiger partial charge on any atom is -0.469 e. The SMILES string of the molecule is COC(=O)C(C(OC(C)=O)C(C)C)[C@@H](C)NC(=O)OC(C)(C)C. The molecule has 7 heteroatoms. The zero-order chi connectivity index (χ0) is 18.4. The Balaban J connectivity index is 5.25. The van der Waals surface area contributed by atoms with E-state index in [0.29, 0.717) is 0 Å². The largest absolute Gasteiger partial charge is 0.469 e. The van der Waals surface area contributed by atoms with E-state index in [2.05, 4.69) is 5.32 Å². The van der Waals surface area contributed by atoms with Crippen LogP contribution in [0.5, 0.6) is 0 Å². The molecule has 0 aliphatic rings. The van der Waals surface area contributed by atoms with E-state index in [-0.39, 0.29) is 5.92 Å². The monoisotopic (exact) mass is 331 g/mol. The summed E-state index contributed by atoms with van der Waals surface area (Å²) in [7, 11) is 1.25. The molecule has 0 rings (SSSR count). The molecule has 23 heavy (non-hydrogen) atoms. The molecule has 3 atom stereocenters. The molecule has 1 amide bonds. The first-order chi connectivity index (χ1) is 10.4. The van der Waals surface area contributed by atoms with Gasteiger partial charge in [-0.15, -0.1) is 0 Å². The number of amides is 1. The minimum absolute atomic E-state index is 0.133. The van der Waals surface area contributed by atoms with Crippen LogP contribution in [0.3, 0.4) is 0 Å². The minimum atomic E-state index is -0.837. The Bertz CT molecular complexity index is 427. The number of nitrogens with one attached hydrogen (secondary N) is 1. The second-order valence-electron chi connectivity index (χ2n) is 6.80. The summed E-state index contributed by atoms with van der Waals surface area (Å²) in [5.74, 6) is -2.03. The Morgan fingerprint density at radius 2 is 1.57 bits per heavy atom. The number of hydrogen-bond donors (Lipinski definition) is 1. The van der Waals surface area contributed by atoms with Gasteiger partial charge in [0.15, 0.2) is 0 Å². The normalized spacial score (nSPS) is 15.3. The lowest BCUT2D eigenvalue weighted by atomic mass is 9.87. The number of hydrogen-bond acceptors (Lipinski definition) is 6. The van der Waals surface area contributed by atoms with Crippen LogP contribution in [0.2, 0.25) is 0 Å². The third-order valence-electron chi connectivity index (χ3n) is 3.07. The van der Waals surface area contributed by atoms with Gasteiger partial charge < -0.3 is 19.5 Å². The predicted molar refractivity (Wildman–Crippen MR) is 84.7 cm³/mol. The van der Waals surface area contributed by atoms with E-state index in [1.165, 1.54) is 14.0 Å². The molecule has 0 spiro atoms. The van der Waals surface area contributed by atoms with Crippen LogP contribution in [0.4, 0.5) is 4.79 Å². The number of carbonyl (C=O) groups excluding carboxylic acids is 3. The summed E-state index contributed by atoms with van der Waals surface area (Å²) in [5, 5.41) is 2.61. The van der Waals surface area contributed by atoms with Gasteiger partial charge in [0.2, 0.25) is 0 Å². The smallest absolute Gasteiger partial charge is 0.407 e. The number of ether oxygens (including phenoxy) is 3. The van der Waals surface area contributed by atoms with Crippen LogP contribution in [0.1, 0.15) is 48.5 Å². The van der Waals surface area contributed by atoms with E-state index < -0.39 is 41.7 Å². The molecule has 0 radical (unpaired) electrons. The zero-order valence-electron chi connectivity index (χ0n) is 15.3. The lowest BCUT2D eigenvalue weighted by Crippen LogP contribution is -2.50. The Kier molecular flexibility index (Phi) is 8.06. The van der Waals surface area contributed by atoms with Crippen LogP contribution in [0.25, 0.3) is 0 Å². The molecular formula is C16H29NO6. The van der Waals surface area contributed by atoms with Gasteiger partial charge in [-0.25, -0.2) is 4.79 Å². The van der Waals surface area contributed by atoms with Crippen molar-refractivity contribution in [3.8, 4) is 0 Å². The third kappa shape index (κ3) is 7.85. The van der Waals surface area contributed by atoms with E-state index in [1.54, 1.807) is 27.7 Å². The van der Waals surface area contributed by atoms with Gasteiger partial charge in [-0.3, -0.25) is 9.59 Å². The molecular weight excluding hydrogens is 302 g/mol. The van der Waals surface area contributed by atoms with Crippen molar-refractivity contribution >= 4 is 18.0 Å². The highest BCUT2D eigenvalue weighted by Gasteiger charge is 2.39. The summed E-state index contributed by atoms with van der Waals surface area (Å²) in [6, 6.07) is -0.635. The third-order valence-corrected chi connectivity index (χ3v) is 3.07. The van der Waals surface area contributed by atoms with Crippen molar-refractivity contribution in [2.24, 2.45) is 11.8 Å². The molecule has 0 aromatic carbocycles. The maximum absolute atomic E-state index is 12.1. The van der Waals surface area contributed by atoms with Crippen molar-refractivity contribution in [1.29, 1.82) is 0 Å². The first-order valence-electron chi connectivity index (χ1n) is 7.63. The number of carbonyl (C=O) groups is 3. The molecule has 7 nitrogen and oxygen atoms in total. The number of rotatable bonds is 6. The molecule has 2 unspecified atom stereocenters. The van der Waals surface area contributed by atoms with Crippen molar-refractivity contribution in [3.05, 3.63) is 0 Å². The topological polar surface area (TPSA) is 90.9 Å². The quantitative estimate of drug-likeness (QED) is 0.593. The predicted octanol–water partition coefficient (Wildman–Crippen LogP) is 2.28. The molecule has 0 aliphatic carbocycles. The van der Waals surface area contributed by atoms with E-state index in [4.69, 9.17) is 14.2 Å². The molecule has 0 bridgehead atoms. The van der Waals surface area contributed by atoms with E-state index >= 15 is 0 Å². The lowest BCUT2D eigenvalue weighted by molar-refractivity contribution is -0.163. The molecule has 0 saturated heterocycles. The molecule has 0 aliphatic heterocycles. The molecule has 134 valence electrons. The fraction of sp³-hybridized carbons (Fsp3) is 0.812. The molecule has 0 aromatic rings. The highest BCUT2D eigenvalue weighted by Crippen LogP contribution is 2.22. The molecule has 0 heterocycles. The standard InChI is InChI=1S/C16H29NO6/c1-9(2)13(22-11(4)18)12(14(19)21-8)10(3)17-15(20)23-16(5,6)7/h9-10,12-13H,1-8H3,(H,17,20)/t10-,12?,13?/m1/s1. The highest BCUT2D eigenvalue weighted by molar-refractivity contribution is 5.76. The fourth-order valence-corrected chi connectivity index (χ4v) is 2.16. The summed E-state index contributed by atoms with van der Waals surface area (Å²) >= 11 is 0. The maximum Gasteiger partial charge on any atom is 0.407 e. The summed E-state index contributed by atoms with van der Waals surface area (Å²) in [4.78, 5) is 35.4. The number of esters is 2. The van der Waals surface area contributed by atoms with Gasteiger partial charge in [0, 0.05) is 13.0 Å². The highest BCUT2D eigenvalue weighted by atomic mass is 16.6. The van der Waals surface area contributed by atoms with Gasteiger partial charge in [-0.05, 0) is 33.6 Å². The summed E-state index contributed by atoms with van der Waals surface area (Å²) in [6.07, 6.45) is -1.37. The first-order valence-corrected chi connectivity index (χ1v) is 7.63. The Hall–Kier alpha value is -1.79. The van der Waals surface area contributed by atoms with E-state index in [9.17, 15) is 14.4 Å². The van der Waals surface area contributed by atoms with Crippen LogP contribution in [0.15, 0.2) is 0 Å². The van der Waals surface area contributed by atoms with Gasteiger partial charge in [-0.1, -0.05) is 13.8 Å². The molecule has 0 fully saturated rings. The Morgan fingerprint density at radius 3 is 1.91 bits per heavy atom. The average Bonchev–Trinajstić information content (AvgIpc) is 2.34. The summed E-state index contributed by atoms with van der Waals surface area (Å²) in [5.41, 5.74) is -0.655. The van der Waals surface area contributed by atoms with Gasteiger partial charge in [0.1, 0.15) is 17.6 Å². The van der Waals surface area contributed by atoms with Gasteiger partial charge in [0.25, 0.3) is 0 Å². The summed E-state index contributed by atoms with van der Waals surface area (Å²) in [6.45, 7) is 11.8. The van der Waals surface area contributed by atoms with Gasteiger partial charge in [-0.2, -0.15) is 0 Å². The maximum atomic E-state index is 12.1. The van der Waals surface area contributed by atoms with Crippen molar-refractivity contribution in [1.82, 2.24) is 5.32 Å². The van der Waals surface area contributed by atoms with Crippen LogP contribution < -0.4 is 5.32 Å². The van der Waals surface area contributed by atoms with Crippen LogP contribution in [0, 0.1) is 11.8 Å². The summed E-state index contributed by atoms with van der Waals surface area (Å²) < 4.78 is 15.3.